The second-order valence-electron chi connectivity index (χ2n) is 8.15. The molecular weight excluding hydrogens is 451 g/mol. The molecule has 0 saturated carbocycles. The number of hydrogen-bond donors (Lipinski definition) is 1. The number of benzene rings is 2. The summed E-state index contributed by atoms with van der Waals surface area (Å²) in [6.45, 7) is 6.87. The van der Waals surface area contributed by atoms with Crippen LogP contribution in [0.1, 0.15) is 47.7 Å². The number of anilines is 1. The minimum absolute atomic E-state index is 0.251. The average Bonchev–Trinajstić information content (AvgIpc) is 3.26. The van der Waals surface area contributed by atoms with Gasteiger partial charge in [-0.1, -0.05) is 13.0 Å². The molecule has 0 fully saturated rings. The summed E-state index contributed by atoms with van der Waals surface area (Å²) >= 11 is 1.33. The molecule has 5 nitrogen and oxygen atoms in total. The SMILES string of the molecule is CCCOC1=CC=C(Oc2cc(C)c(-c3csc(NC(=O)c4cccc(F)c4)n3)c(C)c2)CC1. The Kier molecular flexibility index (Phi) is 7.43. The highest BCUT2D eigenvalue weighted by molar-refractivity contribution is 7.14. The Hall–Kier alpha value is -3.45. The first kappa shape index (κ1) is 23.7. The van der Waals surface area contributed by atoms with Crippen molar-refractivity contribution in [1.82, 2.24) is 4.98 Å². The van der Waals surface area contributed by atoms with Gasteiger partial charge in [-0.3, -0.25) is 10.1 Å². The van der Waals surface area contributed by atoms with Crippen molar-refractivity contribution in [1.29, 1.82) is 0 Å². The van der Waals surface area contributed by atoms with Gasteiger partial charge in [-0.25, -0.2) is 9.37 Å². The Labute approximate surface area is 203 Å². The largest absolute Gasteiger partial charge is 0.498 e. The van der Waals surface area contributed by atoms with Crippen molar-refractivity contribution in [2.24, 2.45) is 0 Å². The quantitative estimate of drug-likeness (QED) is 0.372. The number of rotatable bonds is 8. The Bertz CT molecular complexity index is 1240. The Morgan fingerprint density at radius 1 is 1.12 bits per heavy atom. The van der Waals surface area contributed by atoms with E-state index in [1.165, 1.54) is 29.5 Å². The fourth-order valence-corrected chi connectivity index (χ4v) is 4.52. The van der Waals surface area contributed by atoms with Gasteiger partial charge in [0.25, 0.3) is 5.91 Å². The highest BCUT2D eigenvalue weighted by Crippen LogP contribution is 2.34. The molecule has 4 rings (SSSR count). The highest BCUT2D eigenvalue weighted by Gasteiger charge is 2.16. The first-order chi connectivity index (χ1) is 16.4. The number of ether oxygens (including phenoxy) is 2. The summed E-state index contributed by atoms with van der Waals surface area (Å²) < 4.78 is 25.2. The number of aryl methyl sites for hydroxylation is 2. The third-order valence-electron chi connectivity index (χ3n) is 5.39. The number of aromatic nitrogens is 1. The lowest BCUT2D eigenvalue weighted by molar-refractivity contribution is 0.102. The van der Waals surface area contributed by atoms with Gasteiger partial charge in [0.15, 0.2) is 5.13 Å². The third-order valence-corrected chi connectivity index (χ3v) is 6.14. The minimum Gasteiger partial charge on any atom is -0.498 e. The molecule has 1 aliphatic rings. The van der Waals surface area contributed by atoms with Gasteiger partial charge in [-0.15, -0.1) is 11.3 Å². The zero-order chi connectivity index (χ0) is 24.1. The van der Waals surface area contributed by atoms with Gasteiger partial charge in [0, 0.05) is 29.3 Å². The fourth-order valence-electron chi connectivity index (χ4n) is 3.82. The second-order valence-corrected chi connectivity index (χ2v) is 9.01. The van der Waals surface area contributed by atoms with E-state index >= 15 is 0 Å². The van der Waals surface area contributed by atoms with E-state index in [4.69, 9.17) is 9.47 Å². The van der Waals surface area contributed by atoms with Crippen molar-refractivity contribution >= 4 is 22.4 Å². The molecule has 0 unspecified atom stereocenters. The molecule has 0 spiro atoms. The maximum atomic E-state index is 13.4. The van der Waals surface area contributed by atoms with Crippen LogP contribution in [0.25, 0.3) is 11.3 Å². The van der Waals surface area contributed by atoms with Crippen molar-refractivity contribution in [2.45, 2.75) is 40.0 Å². The number of carbonyl (C=O) groups is 1. The molecule has 176 valence electrons. The number of thiazole rings is 1. The van der Waals surface area contributed by atoms with Gasteiger partial charge in [0.1, 0.15) is 17.3 Å². The van der Waals surface area contributed by atoms with E-state index in [1.807, 2.05) is 43.5 Å². The van der Waals surface area contributed by atoms with Crippen molar-refractivity contribution in [3.05, 3.63) is 88.0 Å². The van der Waals surface area contributed by atoms with Crippen molar-refractivity contribution in [3.8, 4) is 17.0 Å². The van der Waals surface area contributed by atoms with Crippen LogP contribution < -0.4 is 10.1 Å². The van der Waals surface area contributed by atoms with E-state index in [0.717, 1.165) is 65.5 Å². The number of amides is 1. The third kappa shape index (κ3) is 5.72. The van der Waals surface area contributed by atoms with E-state index < -0.39 is 11.7 Å². The molecule has 3 aromatic rings. The van der Waals surface area contributed by atoms with Gasteiger partial charge >= 0.3 is 0 Å². The van der Waals surface area contributed by atoms with Crippen molar-refractivity contribution < 1.29 is 18.7 Å². The van der Waals surface area contributed by atoms with E-state index in [-0.39, 0.29) is 5.56 Å². The summed E-state index contributed by atoms with van der Waals surface area (Å²) in [6.07, 6.45) is 6.59. The molecular formula is C27H27FN2O3S. The highest BCUT2D eigenvalue weighted by atomic mass is 32.1. The monoisotopic (exact) mass is 478 g/mol. The molecule has 1 aromatic heterocycles. The Morgan fingerprint density at radius 3 is 2.53 bits per heavy atom. The lowest BCUT2D eigenvalue weighted by Crippen LogP contribution is -2.11. The van der Waals surface area contributed by atoms with Crippen LogP contribution in [-0.2, 0) is 4.74 Å². The van der Waals surface area contributed by atoms with Crippen molar-refractivity contribution in [3.63, 3.8) is 0 Å². The van der Waals surface area contributed by atoms with Crippen LogP contribution in [0.5, 0.6) is 5.75 Å². The van der Waals surface area contributed by atoms with Crippen LogP contribution in [0.4, 0.5) is 9.52 Å². The van der Waals surface area contributed by atoms with E-state index in [1.54, 1.807) is 6.07 Å². The minimum atomic E-state index is -0.452. The van der Waals surface area contributed by atoms with E-state index in [2.05, 4.69) is 17.2 Å². The lowest BCUT2D eigenvalue weighted by atomic mass is 10.00. The van der Waals surface area contributed by atoms with Gasteiger partial charge in [0.05, 0.1) is 18.1 Å². The second kappa shape index (κ2) is 10.7. The molecule has 0 aliphatic heterocycles. The Balaban J connectivity index is 1.47. The zero-order valence-electron chi connectivity index (χ0n) is 19.5. The molecule has 0 saturated heterocycles. The average molecular weight is 479 g/mol. The van der Waals surface area contributed by atoms with Gasteiger partial charge in [0.2, 0.25) is 0 Å². The van der Waals surface area contributed by atoms with Crippen LogP contribution in [0.3, 0.4) is 0 Å². The smallest absolute Gasteiger partial charge is 0.257 e. The van der Waals surface area contributed by atoms with Crippen LogP contribution in [0.2, 0.25) is 0 Å². The van der Waals surface area contributed by atoms with Crippen LogP contribution in [-0.4, -0.2) is 17.5 Å². The zero-order valence-corrected chi connectivity index (χ0v) is 20.3. The maximum absolute atomic E-state index is 13.4. The van der Waals surface area contributed by atoms with Crippen LogP contribution in [0.15, 0.2) is 65.4 Å². The van der Waals surface area contributed by atoms with Crippen LogP contribution >= 0.6 is 11.3 Å². The lowest BCUT2D eigenvalue weighted by Gasteiger charge is -2.17. The number of allylic oxidation sites excluding steroid dienone is 4. The van der Waals surface area contributed by atoms with Crippen molar-refractivity contribution in [2.75, 3.05) is 11.9 Å². The van der Waals surface area contributed by atoms with E-state index in [0.29, 0.717) is 5.13 Å². The molecule has 1 N–H and O–H groups in total. The molecule has 0 bridgehead atoms. The van der Waals surface area contributed by atoms with E-state index in [9.17, 15) is 9.18 Å². The molecule has 1 amide bonds. The predicted octanol–water partition coefficient (Wildman–Crippen LogP) is 7.19. The summed E-state index contributed by atoms with van der Waals surface area (Å²) in [7, 11) is 0. The number of nitrogens with zero attached hydrogens (tertiary/aromatic N) is 1. The maximum Gasteiger partial charge on any atom is 0.257 e. The standard InChI is InChI=1S/C27H27FN2O3S/c1-4-12-32-21-8-10-22(11-9-21)33-23-13-17(2)25(18(3)14-23)24-16-34-27(29-24)30-26(31)19-6-5-7-20(28)15-19/h5-8,10,13-16H,4,9,11-12H2,1-3H3,(H,29,30,31). The van der Waals surface area contributed by atoms with Crippen LogP contribution in [0, 0.1) is 19.7 Å². The fraction of sp³-hybridized carbons (Fsp3) is 0.259. The molecule has 34 heavy (non-hydrogen) atoms. The molecule has 1 heterocycles. The number of halogens is 1. The molecule has 7 heteroatoms. The first-order valence-electron chi connectivity index (χ1n) is 11.3. The molecule has 0 radical (unpaired) electrons. The number of carbonyl (C=O) groups excluding carboxylic acids is 1. The molecule has 0 atom stereocenters. The van der Waals surface area contributed by atoms with Gasteiger partial charge < -0.3 is 9.47 Å². The summed E-state index contributed by atoms with van der Waals surface area (Å²) in [6, 6.07) is 9.58. The summed E-state index contributed by atoms with van der Waals surface area (Å²) in [5.41, 5.74) is 4.09. The van der Waals surface area contributed by atoms with Gasteiger partial charge in [-0.05, 0) is 73.9 Å². The first-order valence-corrected chi connectivity index (χ1v) is 12.2. The number of hydrogen-bond acceptors (Lipinski definition) is 5. The predicted molar refractivity (Wildman–Crippen MR) is 134 cm³/mol. The summed E-state index contributed by atoms with van der Waals surface area (Å²) in [4.78, 5) is 17.0. The summed E-state index contributed by atoms with van der Waals surface area (Å²) in [5.74, 6) is 1.85. The van der Waals surface area contributed by atoms with Gasteiger partial charge in [-0.2, -0.15) is 0 Å². The molecule has 1 aliphatic carbocycles. The molecule has 2 aromatic carbocycles. The normalized spacial score (nSPS) is 13.2. The summed E-state index contributed by atoms with van der Waals surface area (Å²) in [5, 5.41) is 5.12. The number of nitrogens with one attached hydrogen (secondary N) is 1. The Morgan fingerprint density at radius 2 is 1.85 bits per heavy atom. The topological polar surface area (TPSA) is 60.5 Å².